The van der Waals surface area contributed by atoms with Crippen LogP contribution < -0.4 is 0 Å². The number of hydrogen-bond donors (Lipinski definition) is 0. The zero-order valence-electron chi connectivity index (χ0n) is 23.0. The lowest BCUT2D eigenvalue weighted by Crippen LogP contribution is -2.10. The molecule has 0 saturated heterocycles. The van der Waals surface area contributed by atoms with Crippen molar-refractivity contribution in [3.8, 4) is 11.4 Å². The molecule has 2 fully saturated rings. The van der Waals surface area contributed by atoms with Crippen LogP contribution in [0.1, 0.15) is 97.6 Å². The van der Waals surface area contributed by atoms with Crippen LogP contribution in [0.4, 0.5) is 8.78 Å². The maximum absolute atomic E-state index is 14.1. The van der Waals surface area contributed by atoms with Crippen molar-refractivity contribution in [2.75, 3.05) is 6.61 Å². The van der Waals surface area contributed by atoms with Gasteiger partial charge < -0.3 is 13.9 Å². The molecule has 6 nitrogen and oxygen atoms in total. The van der Waals surface area contributed by atoms with Gasteiger partial charge in [-0.05, 0) is 97.3 Å². The summed E-state index contributed by atoms with van der Waals surface area (Å²) in [6.07, 6.45) is 14.1. The number of nitrogens with zero attached hydrogens (tertiary/aromatic N) is 4. The monoisotopic (exact) mass is 626 g/mol. The van der Waals surface area contributed by atoms with Gasteiger partial charge in [-0.1, -0.05) is 20.8 Å². The Kier molecular flexibility index (Phi) is 9.79. The van der Waals surface area contributed by atoms with Crippen LogP contribution in [-0.4, -0.2) is 31.7 Å². The highest BCUT2D eigenvalue weighted by molar-refractivity contribution is 9.10. The average Bonchev–Trinajstić information content (AvgIpc) is 3.86. The maximum atomic E-state index is 14.1. The lowest BCUT2D eigenvalue weighted by molar-refractivity contribution is 0.0494. The number of benzene rings is 2. The topological polar surface area (TPSA) is 61.9 Å². The number of aromatic nitrogens is 4. The number of unbranched alkanes of at least 4 members (excludes halogenated alkanes) is 1. The number of ether oxygens (including phenoxy) is 1. The summed E-state index contributed by atoms with van der Waals surface area (Å²) in [5, 5.41) is 0. The molecule has 0 atom stereocenters. The lowest BCUT2D eigenvalue weighted by Gasteiger charge is -2.11. The van der Waals surface area contributed by atoms with Crippen LogP contribution in [0.15, 0.2) is 53.8 Å². The predicted molar refractivity (Wildman–Crippen MR) is 160 cm³/mol. The fourth-order valence-electron chi connectivity index (χ4n) is 4.52. The van der Waals surface area contributed by atoms with Crippen LogP contribution in [0, 0.1) is 25.5 Å². The Morgan fingerprint density at radius 1 is 0.902 bits per heavy atom. The number of carbonyl (C=O) groups excluding carboxylic acids is 1. The first kappa shape index (κ1) is 30.6. The van der Waals surface area contributed by atoms with Gasteiger partial charge in [-0.3, -0.25) is 0 Å². The molecule has 0 spiro atoms. The molecule has 2 saturated carbocycles. The van der Waals surface area contributed by atoms with Gasteiger partial charge in [0.2, 0.25) is 0 Å². The average molecular weight is 628 g/mol. The number of aryl methyl sites for hydroxylation is 2. The zero-order valence-corrected chi connectivity index (χ0v) is 24.5. The fraction of sp³-hybridized carbons (Fsp3) is 0.406. The molecule has 0 unspecified atom stereocenters. The minimum atomic E-state index is -0.611. The van der Waals surface area contributed by atoms with Gasteiger partial charge in [0.25, 0.3) is 0 Å². The second-order valence-electron chi connectivity index (χ2n) is 10.6. The molecule has 0 radical (unpaired) electrons. The standard InChI is InChI=1S/C18H21FN2O2.C13H12BrFN2.CH4/c1-3-4-7-23-18(22)14-9-17(12(2)8-15(14)19)21-10-16(20-11-21)13-5-6-13;1-8-4-11(15)10(14)5-13(8)17-6-12(16-7-17)9-2-3-9;/h8-11,13H,3-7H2,1-2H3;4-7,9H,2-3H2,1H3;1H4. The van der Waals surface area contributed by atoms with Crippen molar-refractivity contribution in [3.05, 3.63) is 93.5 Å². The third-order valence-corrected chi connectivity index (χ3v) is 7.84. The van der Waals surface area contributed by atoms with E-state index in [1.807, 2.05) is 42.3 Å². The van der Waals surface area contributed by atoms with Crippen molar-refractivity contribution in [2.24, 2.45) is 0 Å². The highest BCUT2D eigenvalue weighted by atomic mass is 79.9. The maximum Gasteiger partial charge on any atom is 0.341 e. The van der Waals surface area contributed by atoms with Crippen molar-refractivity contribution >= 4 is 21.9 Å². The van der Waals surface area contributed by atoms with E-state index in [-0.39, 0.29) is 18.8 Å². The summed E-state index contributed by atoms with van der Waals surface area (Å²) in [6.45, 7) is 6.05. The van der Waals surface area contributed by atoms with Gasteiger partial charge in [0.1, 0.15) is 11.6 Å². The Balaban J connectivity index is 0.000000192. The molecule has 2 aromatic carbocycles. The predicted octanol–water partition coefficient (Wildman–Crippen LogP) is 8.75. The summed E-state index contributed by atoms with van der Waals surface area (Å²) >= 11 is 3.22. The first-order chi connectivity index (χ1) is 19.2. The third-order valence-electron chi connectivity index (χ3n) is 7.23. The molecule has 2 aliphatic rings. The highest BCUT2D eigenvalue weighted by Gasteiger charge is 2.27. The highest BCUT2D eigenvalue weighted by Crippen LogP contribution is 2.40. The Morgan fingerprint density at radius 3 is 1.93 bits per heavy atom. The number of halogens is 3. The van der Waals surface area contributed by atoms with Crippen LogP contribution in [0.5, 0.6) is 0 Å². The summed E-state index contributed by atoms with van der Waals surface area (Å²) in [5.41, 5.74) is 5.57. The molecule has 2 aromatic heterocycles. The summed E-state index contributed by atoms with van der Waals surface area (Å²) in [7, 11) is 0. The van der Waals surface area contributed by atoms with E-state index in [0.29, 0.717) is 22.9 Å². The van der Waals surface area contributed by atoms with E-state index in [9.17, 15) is 13.6 Å². The van der Waals surface area contributed by atoms with Crippen LogP contribution in [0.25, 0.3) is 11.4 Å². The molecule has 0 bridgehead atoms. The smallest absolute Gasteiger partial charge is 0.341 e. The Labute approximate surface area is 248 Å². The Morgan fingerprint density at radius 2 is 1.41 bits per heavy atom. The molecule has 0 aliphatic heterocycles. The molecule has 41 heavy (non-hydrogen) atoms. The summed E-state index contributed by atoms with van der Waals surface area (Å²) in [4.78, 5) is 20.9. The normalized spacial score (nSPS) is 14.2. The SMILES string of the molecule is C.CCCCOC(=O)c1cc(-n2cnc(C3CC3)c2)c(C)cc1F.Cc1cc(F)c(Br)cc1-n1cnc(C2CC2)c1. The molecular formula is C32H37BrF2N4O2. The molecule has 0 amide bonds. The summed E-state index contributed by atoms with van der Waals surface area (Å²) in [5.74, 6) is -0.195. The van der Waals surface area contributed by atoms with Crippen molar-refractivity contribution in [1.82, 2.24) is 19.1 Å². The van der Waals surface area contributed by atoms with Gasteiger partial charge in [0.15, 0.2) is 0 Å². The molecule has 0 N–H and O–H groups in total. The summed E-state index contributed by atoms with van der Waals surface area (Å²) in [6, 6.07) is 6.26. The molecule has 2 heterocycles. The van der Waals surface area contributed by atoms with E-state index in [2.05, 4.69) is 25.9 Å². The molecule has 218 valence electrons. The number of carbonyl (C=O) groups is 1. The minimum Gasteiger partial charge on any atom is -0.462 e. The van der Waals surface area contributed by atoms with Crippen LogP contribution in [-0.2, 0) is 4.74 Å². The number of hydrogen-bond acceptors (Lipinski definition) is 4. The van der Waals surface area contributed by atoms with Gasteiger partial charge in [0, 0.05) is 24.2 Å². The van der Waals surface area contributed by atoms with E-state index in [1.54, 1.807) is 24.8 Å². The van der Waals surface area contributed by atoms with Crippen LogP contribution in [0.3, 0.4) is 0 Å². The quantitative estimate of drug-likeness (QED) is 0.145. The fourth-order valence-corrected chi connectivity index (χ4v) is 4.85. The van der Waals surface area contributed by atoms with E-state index < -0.39 is 11.8 Å². The number of esters is 1. The van der Waals surface area contributed by atoms with Crippen LogP contribution >= 0.6 is 15.9 Å². The first-order valence-corrected chi connectivity index (χ1v) is 14.6. The van der Waals surface area contributed by atoms with Crippen molar-refractivity contribution < 1.29 is 18.3 Å². The largest absolute Gasteiger partial charge is 0.462 e. The lowest BCUT2D eigenvalue weighted by atomic mass is 10.1. The van der Waals surface area contributed by atoms with Gasteiger partial charge >= 0.3 is 5.97 Å². The number of imidazole rings is 2. The van der Waals surface area contributed by atoms with E-state index in [4.69, 9.17) is 4.74 Å². The second kappa shape index (κ2) is 13.1. The summed E-state index contributed by atoms with van der Waals surface area (Å²) < 4.78 is 36.9. The van der Waals surface area contributed by atoms with E-state index in [1.165, 1.54) is 37.8 Å². The first-order valence-electron chi connectivity index (χ1n) is 13.8. The van der Waals surface area contributed by atoms with Crippen molar-refractivity contribution in [1.29, 1.82) is 0 Å². The molecule has 9 heteroatoms. The molecule has 6 rings (SSSR count). The van der Waals surface area contributed by atoms with Crippen LogP contribution in [0.2, 0.25) is 0 Å². The van der Waals surface area contributed by atoms with Gasteiger partial charge in [-0.2, -0.15) is 0 Å². The second-order valence-corrected chi connectivity index (χ2v) is 11.5. The Bertz CT molecular complexity index is 1520. The van der Waals surface area contributed by atoms with E-state index in [0.717, 1.165) is 46.7 Å². The van der Waals surface area contributed by atoms with Gasteiger partial charge in [-0.15, -0.1) is 0 Å². The molecular weight excluding hydrogens is 590 g/mol. The third kappa shape index (κ3) is 7.31. The van der Waals surface area contributed by atoms with Gasteiger partial charge in [-0.25, -0.2) is 23.5 Å². The van der Waals surface area contributed by atoms with Crippen molar-refractivity contribution in [3.63, 3.8) is 0 Å². The number of rotatable bonds is 8. The minimum absolute atomic E-state index is 0. The molecule has 2 aliphatic carbocycles. The molecule has 4 aromatic rings. The Hall–Kier alpha value is -3.33. The van der Waals surface area contributed by atoms with Crippen molar-refractivity contribution in [2.45, 2.75) is 78.6 Å². The zero-order chi connectivity index (χ0) is 28.4. The van der Waals surface area contributed by atoms with E-state index >= 15 is 0 Å². The van der Waals surface area contributed by atoms with Gasteiger partial charge in [0.05, 0.1) is 52.1 Å².